The number of rotatable bonds is 2. The van der Waals surface area contributed by atoms with Gasteiger partial charge in [0, 0.05) is 5.02 Å². The van der Waals surface area contributed by atoms with Crippen LogP contribution in [0, 0.1) is 17.9 Å². The zero-order chi connectivity index (χ0) is 10.4. The highest BCUT2D eigenvalue weighted by Crippen LogP contribution is 2.14. The minimum Gasteiger partial charge on any atom is -0.350 e. The molecule has 4 nitrogen and oxygen atoms in total. The second kappa shape index (κ2) is 4.86. The van der Waals surface area contributed by atoms with Gasteiger partial charge in [0.2, 0.25) is 0 Å². The van der Waals surface area contributed by atoms with Gasteiger partial charge in [0.1, 0.15) is 6.07 Å². The molecule has 1 aromatic carbocycles. The number of hydrogen-bond donors (Lipinski definition) is 1. The van der Waals surface area contributed by atoms with Gasteiger partial charge in [-0.25, -0.2) is 10.7 Å². The van der Waals surface area contributed by atoms with Crippen LogP contribution in [0.25, 0.3) is 4.85 Å². The largest absolute Gasteiger partial charge is 0.371 e. The molecule has 0 aliphatic carbocycles. The molecule has 0 fully saturated rings. The van der Waals surface area contributed by atoms with Crippen LogP contribution >= 0.6 is 11.6 Å². The van der Waals surface area contributed by atoms with E-state index >= 15 is 0 Å². The van der Waals surface area contributed by atoms with E-state index in [1.807, 2.05) is 0 Å². The van der Waals surface area contributed by atoms with Crippen molar-refractivity contribution < 1.29 is 0 Å². The number of halogens is 1. The molecular weight excluding hydrogens is 200 g/mol. The van der Waals surface area contributed by atoms with E-state index in [0.717, 1.165) is 0 Å². The molecule has 0 aromatic heterocycles. The predicted octanol–water partition coefficient (Wildman–Crippen LogP) is 2.51. The summed E-state index contributed by atoms with van der Waals surface area (Å²) in [5, 5.41) is 12.5. The van der Waals surface area contributed by atoms with Gasteiger partial charge in [-0.2, -0.15) is 0 Å². The molecule has 68 valence electrons. The van der Waals surface area contributed by atoms with Crippen LogP contribution < -0.4 is 5.43 Å². The minimum absolute atomic E-state index is 0.245. The number of anilines is 1. The number of nitriles is 1. The normalized spacial score (nSPS) is 10.1. The van der Waals surface area contributed by atoms with Crippen molar-refractivity contribution >= 4 is 23.1 Å². The summed E-state index contributed by atoms with van der Waals surface area (Å²) in [6.07, 6.45) is 0. The average Bonchev–Trinajstić information content (AvgIpc) is 2.19. The Kier molecular flexibility index (Phi) is 3.49. The molecule has 1 rings (SSSR count). The van der Waals surface area contributed by atoms with Gasteiger partial charge >= 0.3 is 5.84 Å². The summed E-state index contributed by atoms with van der Waals surface area (Å²) in [5.74, 6) is -0.245. The summed E-state index contributed by atoms with van der Waals surface area (Å²) >= 11 is 5.71. The Hall–Kier alpha value is -2.04. The molecule has 0 atom stereocenters. The average molecular weight is 205 g/mol. The van der Waals surface area contributed by atoms with Crippen molar-refractivity contribution in [1.82, 2.24) is 0 Å². The van der Waals surface area contributed by atoms with E-state index in [1.54, 1.807) is 30.3 Å². The zero-order valence-electron chi connectivity index (χ0n) is 7.03. The number of amidine groups is 1. The molecule has 1 N–H and O–H groups in total. The Labute approximate surface area is 86.2 Å². The van der Waals surface area contributed by atoms with Gasteiger partial charge in [-0.1, -0.05) is 24.2 Å². The van der Waals surface area contributed by atoms with Crippen LogP contribution in [-0.2, 0) is 0 Å². The number of nitrogens with one attached hydrogen (secondary N) is 1. The van der Waals surface area contributed by atoms with Crippen LogP contribution in [0.5, 0.6) is 0 Å². The van der Waals surface area contributed by atoms with Crippen molar-refractivity contribution in [1.29, 1.82) is 5.26 Å². The van der Waals surface area contributed by atoms with Gasteiger partial charge in [0.05, 0.1) is 5.69 Å². The third-order valence-corrected chi connectivity index (χ3v) is 1.56. The SMILES string of the molecule is [C-]#[N+]/C(C#N)=N\Nc1cccc(Cl)c1. The summed E-state index contributed by atoms with van der Waals surface area (Å²) in [6, 6.07) is 8.47. The summed E-state index contributed by atoms with van der Waals surface area (Å²) in [4.78, 5) is 2.89. The first-order valence-electron chi connectivity index (χ1n) is 3.63. The maximum atomic E-state index is 8.40. The molecule has 0 amide bonds. The van der Waals surface area contributed by atoms with E-state index in [0.29, 0.717) is 10.7 Å². The standard InChI is InChI=1S/C9H5ClN4/c1-12-9(6-11)14-13-8-4-2-3-7(10)5-8/h2-5,13H/b14-9-. The van der Waals surface area contributed by atoms with Crippen molar-refractivity contribution in [3.05, 3.63) is 40.7 Å². The van der Waals surface area contributed by atoms with Gasteiger partial charge < -0.3 is 4.85 Å². The zero-order valence-corrected chi connectivity index (χ0v) is 7.78. The quantitative estimate of drug-likeness (QED) is 0.348. The van der Waals surface area contributed by atoms with Gasteiger partial charge in [0.15, 0.2) is 0 Å². The Morgan fingerprint density at radius 2 is 2.43 bits per heavy atom. The molecule has 0 spiro atoms. The maximum Gasteiger partial charge on any atom is 0.371 e. The fraction of sp³-hybridized carbons (Fsp3) is 0. The highest BCUT2D eigenvalue weighted by atomic mass is 35.5. The first-order chi connectivity index (χ1) is 6.76. The van der Waals surface area contributed by atoms with Crippen LogP contribution in [0.15, 0.2) is 29.4 Å². The van der Waals surface area contributed by atoms with Gasteiger partial charge in [-0.15, -0.1) is 0 Å². The Morgan fingerprint density at radius 1 is 1.64 bits per heavy atom. The highest BCUT2D eigenvalue weighted by Gasteiger charge is 1.96. The minimum atomic E-state index is -0.245. The first kappa shape index (κ1) is 10.0. The number of hydrogen-bond acceptors (Lipinski definition) is 3. The van der Waals surface area contributed by atoms with E-state index in [-0.39, 0.29) is 5.84 Å². The van der Waals surface area contributed by atoms with Crippen LogP contribution in [0.3, 0.4) is 0 Å². The maximum absolute atomic E-state index is 8.40. The van der Waals surface area contributed by atoms with Gasteiger partial charge in [0.25, 0.3) is 0 Å². The first-order valence-corrected chi connectivity index (χ1v) is 4.01. The number of nitrogens with zero attached hydrogens (tertiary/aromatic N) is 3. The molecule has 0 aliphatic rings. The predicted molar refractivity (Wildman–Crippen MR) is 54.7 cm³/mol. The summed E-state index contributed by atoms with van der Waals surface area (Å²) in [7, 11) is 0. The number of hydrazone groups is 1. The second-order valence-electron chi connectivity index (χ2n) is 2.28. The number of benzene rings is 1. The van der Waals surface area contributed by atoms with Crippen LogP contribution in [-0.4, -0.2) is 5.84 Å². The van der Waals surface area contributed by atoms with Crippen molar-refractivity contribution in [2.75, 3.05) is 5.43 Å². The van der Waals surface area contributed by atoms with Crippen molar-refractivity contribution in [2.24, 2.45) is 5.10 Å². The Bertz CT molecular complexity index is 423. The van der Waals surface area contributed by atoms with Gasteiger partial charge in [-0.05, 0) is 23.3 Å². The molecule has 0 unspecified atom stereocenters. The Balaban J connectivity index is 2.77. The summed E-state index contributed by atoms with van der Waals surface area (Å²) in [6.45, 7) is 6.57. The lowest BCUT2D eigenvalue weighted by Crippen LogP contribution is -1.93. The Morgan fingerprint density at radius 3 is 3.00 bits per heavy atom. The molecule has 1 aromatic rings. The smallest absolute Gasteiger partial charge is 0.350 e. The molecule has 0 saturated heterocycles. The van der Waals surface area contributed by atoms with Crippen molar-refractivity contribution in [3.8, 4) is 6.07 Å². The molecule has 0 bridgehead atoms. The van der Waals surface area contributed by atoms with E-state index in [1.165, 1.54) is 0 Å². The van der Waals surface area contributed by atoms with Crippen LogP contribution in [0.4, 0.5) is 5.69 Å². The molecule has 0 heterocycles. The van der Waals surface area contributed by atoms with Gasteiger partial charge in [-0.3, -0.25) is 0 Å². The lowest BCUT2D eigenvalue weighted by atomic mass is 10.3. The molecule has 0 saturated carbocycles. The van der Waals surface area contributed by atoms with Crippen LogP contribution in [0.2, 0.25) is 5.02 Å². The third kappa shape index (κ3) is 2.78. The van der Waals surface area contributed by atoms with Crippen molar-refractivity contribution in [3.63, 3.8) is 0 Å². The lowest BCUT2D eigenvalue weighted by Gasteiger charge is -1.95. The topological polar surface area (TPSA) is 52.5 Å². The molecule has 0 aliphatic heterocycles. The highest BCUT2D eigenvalue weighted by molar-refractivity contribution is 6.30. The fourth-order valence-corrected chi connectivity index (χ4v) is 0.941. The van der Waals surface area contributed by atoms with E-state index in [9.17, 15) is 0 Å². The van der Waals surface area contributed by atoms with E-state index in [2.05, 4.69) is 15.4 Å². The third-order valence-electron chi connectivity index (χ3n) is 1.32. The lowest BCUT2D eigenvalue weighted by molar-refractivity contribution is 1.34. The second-order valence-corrected chi connectivity index (χ2v) is 2.72. The van der Waals surface area contributed by atoms with Crippen LogP contribution in [0.1, 0.15) is 0 Å². The monoisotopic (exact) mass is 204 g/mol. The molecule has 0 radical (unpaired) electrons. The molecule has 14 heavy (non-hydrogen) atoms. The molecule has 5 heteroatoms. The fourth-order valence-electron chi connectivity index (χ4n) is 0.751. The van der Waals surface area contributed by atoms with E-state index < -0.39 is 0 Å². The summed E-state index contributed by atoms with van der Waals surface area (Å²) in [5.41, 5.74) is 3.19. The van der Waals surface area contributed by atoms with Crippen molar-refractivity contribution in [2.45, 2.75) is 0 Å². The summed E-state index contributed by atoms with van der Waals surface area (Å²) < 4.78 is 0. The van der Waals surface area contributed by atoms with E-state index in [4.69, 9.17) is 23.4 Å². The molecular formula is C9H5ClN4.